The van der Waals surface area contributed by atoms with Crippen molar-refractivity contribution in [3.05, 3.63) is 93.9 Å². The van der Waals surface area contributed by atoms with Gasteiger partial charge in [0.1, 0.15) is 17.9 Å². The Balaban J connectivity index is 0.00000101. The minimum atomic E-state index is 0.171. The van der Waals surface area contributed by atoms with Crippen molar-refractivity contribution in [2.24, 2.45) is 16.3 Å². The molecule has 1 aliphatic heterocycles. The summed E-state index contributed by atoms with van der Waals surface area (Å²) in [6.07, 6.45) is 19.1. The number of carbonyl (C=O) groups is 1. The van der Waals surface area contributed by atoms with Crippen LogP contribution in [0.4, 0.5) is 0 Å². The van der Waals surface area contributed by atoms with Crippen LogP contribution in [0.15, 0.2) is 88.3 Å². The normalized spacial score (nSPS) is 17.3. The third-order valence-corrected chi connectivity index (χ3v) is 8.22. The zero-order chi connectivity index (χ0) is 33.9. The molecule has 0 bridgehead atoms. The smallest absolute Gasteiger partial charge is 0.124 e. The van der Waals surface area contributed by atoms with Gasteiger partial charge in [-0.2, -0.15) is 0 Å². The van der Waals surface area contributed by atoms with Gasteiger partial charge in [0.25, 0.3) is 0 Å². The monoisotopic (exact) mass is 622 g/mol. The Morgan fingerprint density at radius 2 is 1.68 bits per heavy atom. The second-order valence-corrected chi connectivity index (χ2v) is 11.7. The van der Waals surface area contributed by atoms with Crippen LogP contribution < -0.4 is 5.32 Å². The van der Waals surface area contributed by atoms with Crippen LogP contribution in [0.25, 0.3) is 5.57 Å². The van der Waals surface area contributed by atoms with Crippen LogP contribution in [0.3, 0.4) is 0 Å². The average Bonchev–Trinajstić information content (AvgIpc) is 3.09. The van der Waals surface area contributed by atoms with Crippen LogP contribution in [0.1, 0.15) is 120 Å². The Morgan fingerprint density at radius 1 is 1.09 bits per heavy atom. The number of halogens is 1. The predicted molar refractivity (Wildman–Crippen MR) is 195 cm³/mol. The molecule has 4 nitrogen and oxygen atoms in total. The van der Waals surface area contributed by atoms with Crippen molar-refractivity contribution >= 4 is 29.3 Å². The summed E-state index contributed by atoms with van der Waals surface area (Å²) in [5.41, 5.74) is 7.77. The van der Waals surface area contributed by atoms with Gasteiger partial charge in [-0.3, -0.25) is 0 Å². The molecule has 0 saturated heterocycles. The summed E-state index contributed by atoms with van der Waals surface area (Å²) in [7, 11) is 0. The molecule has 3 aliphatic rings. The van der Waals surface area contributed by atoms with Crippen molar-refractivity contribution in [3.8, 4) is 5.75 Å². The van der Waals surface area contributed by atoms with Crippen LogP contribution in [-0.2, 0) is 4.79 Å². The fourth-order valence-electron chi connectivity index (χ4n) is 5.41. The van der Waals surface area contributed by atoms with Gasteiger partial charge in [0.15, 0.2) is 0 Å². The van der Waals surface area contributed by atoms with Gasteiger partial charge < -0.3 is 15.2 Å². The SMILES string of the molecule is C=C(/C=C\C(C)=C/C)NC1=NC=C(/C=C(\C)c2c(O)cccc2Cl)C(C)=C(C)C1.CC.CC.CC1CC2(CCC2)C1.CC=O. The van der Waals surface area contributed by atoms with E-state index >= 15 is 0 Å². The summed E-state index contributed by atoms with van der Waals surface area (Å²) in [6.45, 7) is 26.1. The Bertz CT molecular complexity index is 1230. The van der Waals surface area contributed by atoms with Crippen LogP contribution in [0, 0.1) is 11.3 Å². The molecule has 2 saturated carbocycles. The molecule has 1 aromatic carbocycles. The molecule has 1 aromatic rings. The van der Waals surface area contributed by atoms with Gasteiger partial charge in [-0.1, -0.05) is 88.6 Å². The maximum absolute atomic E-state index is 10.2. The van der Waals surface area contributed by atoms with E-state index in [0.29, 0.717) is 17.0 Å². The number of nitrogens with one attached hydrogen (secondary N) is 1. The van der Waals surface area contributed by atoms with Crippen molar-refractivity contribution in [1.29, 1.82) is 0 Å². The first kappa shape index (κ1) is 40.9. The number of benzene rings is 1. The van der Waals surface area contributed by atoms with E-state index in [2.05, 4.69) is 37.7 Å². The van der Waals surface area contributed by atoms with Crippen molar-refractivity contribution in [1.82, 2.24) is 5.32 Å². The van der Waals surface area contributed by atoms with E-state index in [0.717, 1.165) is 45.9 Å². The van der Waals surface area contributed by atoms with Crippen molar-refractivity contribution in [2.75, 3.05) is 0 Å². The fourth-order valence-corrected chi connectivity index (χ4v) is 5.73. The summed E-state index contributed by atoms with van der Waals surface area (Å²) in [5, 5.41) is 14.0. The van der Waals surface area contributed by atoms with Gasteiger partial charge in [0, 0.05) is 23.9 Å². The summed E-state index contributed by atoms with van der Waals surface area (Å²) in [5.74, 6) is 2.08. The molecule has 0 unspecified atom stereocenters. The molecule has 0 aromatic heterocycles. The van der Waals surface area contributed by atoms with Crippen LogP contribution >= 0.6 is 11.6 Å². The van der Waals surface area contributed by atoms with Crippen molar-refractivity contribution in [3.63, 3.8) is 0 Å². The largest absolute Gasteiger partial charge is 0.507 e. The highest BCUT2D eigenvalue weighted by atomic mass is 35.5. The van der Waals surface area contributed by atoms with Crippen molar-refractivity contribution in [2.45, 2.75) is 115 Å². The fraction of sp³-hybridized carbons (Fsp3) is 0.487. The first-order valence-corrected chi connectivity index (χ1v) is 16.6. The number of hydrogen-bond donors (Lipinski definition) is 2. The molecular weight excluding hydrogens is 564 g/mol. The molecule has 5 heteroatoms. The highest BCUT2D eigenvalue weighted by Gasteiger charge is 2.45. The van der Waals surface area contributed by atoms with Gasteiger partial charge in [-0.05, 0) is 120 Å². The Labute approximate surface area is 274 Å². The van der Waals surface area contributed by atoms with E-state index in [9.17, 15) is 5.11 Å². The summed E-state index contributed by atoms with van der Waals surface area (Å²) in [6, 6.07) is 5.15. The van der Waals surface area contributed by atoms with E-state index in [-0.39, 0.29) is 5.75 Å². The minimum absolute atomic E-state index is 0.171. The van der Waals surface area contributed by atoms with Crippen molar-refractivity contribution < 1.29 is 9.90 Å². The molecule has 2 fully saturated rings. The van der Waals surface area contributed by atoms with Gasteiger partial charge in [0.2, 0.25) is 0 Å². The predicted octanol–water partition coefficient (Wildman–Crippen LogP) is 11.9. The number of aromatic hydroxyl groups is 1. The van der Waals surface area contributed by atoms with E-state index in [4.69, 9.17) is 16.4 Å². The lowest BCUT2D eigenvalue weighted by molar-refractivity contribution is -0.106. The zero-order valence-corrected chi connectivity index (χ0v) is 30.2. The van der Waals surface area contributed by atoms with Gasteiger partial charge >= 0.3 is 0 Å². The number of amidine groups is 1. The summed E-state index contributed by atoms with van der Waals surface area (Å²) < 4.78 is 0. The molecule has 244 valence electrons. The number of hydrogen-bond acceptors (Lipinski definition) is 4. The maximum Gasteiger partial charge on any atom is 0.124 e. The zero-order valence-electron chi connectivity index (χ0n) is 29.4. The lowest BCUT2D eigenvalue weighted by Crippen LogP contribution is -2.41. The van der Waals surface area contributed by atoms with E-state index < -0.39 is 0 Å². The summed E-state index contributed by atoms with van der Waals surface area (Å²) in [4.78, 5) is 13.4. The lowest BCUT2D eigenvalue weighted by atomic mass is 9.52. The average molecular weight is 623 g/mol. The summed E-state index contributed by atoms with van der Waals surface area (Å²) >= 11 is 6.29. The second-order valence-electron chi connectivity index (χ2n) is 11.3. The Hall–Kier alpha value is -3.11. The number of aliphatic imine (C=N–C) groups is 1. The molecular formula is C39H59ClN2O2. The molecule has 0 amide bonds. The van der Waals surface area contributed by atoms with Gasteiger partial charge in [-0.25, -0.2) is 4.99 Å². The highest BCUT2D eigenvalue weighted by molar-refractivity contribution is 6.32. The Kier molecular flexibility index (Phi) is 20.0. The number of phenolic OH excluding ortho intramolecular Hbond substituents is 1. The number of allylic oxidation sites excluding steroid dienone is 8. The standard InChI is InChI=1S/C25H29ClN2O.C8H14.C2H4O.2C2H6/c1-7-16(2)11-12-19(5)28-24-14-17(3)20(6)21(15-27-24)13-18(4)25-22(26)9-8-10-23(25)29;1-7-5-8(6-7)3-2-4-8;1-2-3;2*1-2/h7-13,15,29H,5,14H2,1-4,6H3,(H,27,28);7H,2-6H2,1H3;2H,1H3;2*1-2H3/b12-11-,16-7-,18-13+;;;;. The number of nitrogens with zero attached hydrogens (tertiary/aromatic N) is 1. The lowest BCUT2D eigenvalue weighted by Gasteiger charge is -2.53. The molecule has 0 radical (unpaired) electrons. The molecule has 1 spiro atoms. The number of phenols is 1. The molecule has 4 rings (SSSR count). The number of carbonyl (C=O) groups excluding carboxylic acids is 1. The Morgan fingerprint density at radius 3 is 2.14 bits per heavy atom. The van der Waals surface area contributed by atoms with Crippen LogP contribution in [0.2, 0.25) is 5.02 Å². The van der Waals surface area contributed by atoms with Gasteiger partial charge in [-0.15, -0.1) is 0 Å². The molecule has 0 atom stereocenters. The van der Waals surface area contributed by atoms with Crippen LogP contribution in [0.5, 0.6) is 5.75 Å². The quantitative estimate of drug-likeness (QED) is 0.253. The number of aldehydes is 1. The second kappa shape index (κ2) is 21.6. The van der Waals surface area contributed by atoms with Crippen LogP contribution in [-0.4, -0.2) is 17.2 Å². The third-order valence-electron chi connectivity index (χ3n) is 7.91. The third kappa shape index (κ3) is 13.3. The number of rotatable bonds is 5. The molecule has 44 heavy (non-hydrogen) atoms. The van der Waals surface area contributed by atoms with E-state index in [1.165, 1.54) is 24.5 Å². The van der Waals surface area contributed by atoms with E-state index in [1.54, 1.807) is 43.9 Å². The maximum atomic E-state index is 10.2. The van der Waals surface area contributed by atoms with E-state index in [1.807, 2.05) is 79.0 Å². The molecule has 2 N–H and O–H groups in total. The molecule has 1 heterocycles. The minimum Gasteiger partial charge on any atom is -0.507 e. The first-order chi connectivity index (χ1) is 20.9. The molecule has 2 aliphatic carbocycles. The first-order valence-electron chi connectivity index (χ1n) is 16.2. The topological polar surface area (TPSA) is 61.7 Å². The highest BCUT2D eigenvalue weighted by Crippen LogP contribution is 2.58. The van der Waals surface area contributed by atoms with Gasteiger partial charge in [0.05, 0.1) is 5.02 Å².